The van der Waals surface area contributed by atoms with Crippen LogP contribution in [0.25, 0.3) is 0 Å². The molecule has 0 aromatic heterocycles. The maximum Gasteiger partial charge on any atom is 0.329 e. The molecular weight excluding hydrogens is 220 g/mol. The summed E-state index contributed by atoms with van der Waals surface area (Å²) < 4.78 is 0. The van der Waals surface area contributed by atoms with Crippen molar-refractivity contribution in [1.29, 1.82) is 0 Å². The molecule has 1 unspecified atom stereocenters. The highest BCUT2D eigenvalue weighted by Gasteiger charge is 2.33. The van der Waals surface area contributed by atoms with Gasteiger partial charge < -0.3 is 15.3 Å². The molecule has 2 N–H and O–H groups in total. The first-order chi connectivity index (χ1) is 7.76. The van der Waals surface area contributed by atoms with Gasteiger partial charge in [0.2, 0.25) is 0 Å². The molecule has 0 saturated carbocycles. The molecule has 0 rings (SSSR count). The van der Waals surface area contributed by atoms with Crippen molar-refractivity contribution in [2.45, 2.75) is 39.7 Å². The Morgan fingerprint density at radius 1 is 1.41 bits per heavy atom. The zero-order valence-electron chi connectivity index (χ0n) is 11.0. The van der Waals surface area contributed by atoms with Crippen molar-refractivity contribution in [3.05, 3.63) is 12.2 Å². The number of carboxylic acids is 1. The van der Waals surface area contributed by atoms with E-state index in [1.54, 1.807) is 6.92 Å². The van der Waals surface area contributed by atoms with Crippen molar-refractivity contribution >= 4 is 12.0 Å². The molecule has 5 heteroatoms. The van der Waals surface area contributed by atoms with Crippen LogP contribution in [0.2, 0.25) is 0 Å². The summed E-state index contributed by atoms with van der Waals surface area (Å²) in [5, 5.41) is 11.6. The number of nitrogens with zero attached hydrogens (tertiary/aromatic N) is 1. The molecule has 1 atom stereocenters. The summed E-state index contributed by atoms with van der Waals surface area (Å²) in [6.45, 7) is 11.6. The number of carbonyl (C=O) groups is 2. The van der Waals surface area contributed by atoms with E-state index in [2.05, 4.69) is 11.9 Å². The third kappa shape index (κ3) is 4.46. The molecule has 0 spiro atoms. The van der Waals surface area contributed by atoms with E-state index in [1.807, 2.05) is 13.8 Å². The minimum Gasteiger partial charge on any atom is -0.480 e. The van der Waals surface area contributed by atoms with E-state index >= 15 is 0 Å². The Balaban J connectivity index is 4.70. The second kappa shape index (κ2) is 6.27. The lowest BCUT2D eigenvalue weighted by atomic mass is 10.00. The summed E-state index contributed by atoms with van der Waals surface area (Å²) in [6, 6.07) is -0.373. The first-order valence-electron chi connectivity index (χ1n) is 5.71. The Labute approximate surface area is 102 Å². The van der Waals surface area contributed by atoms with Gasteiger partial charge in [0.05, 0.1) is 0 Å². The largest absolute Gasteiger partial charge is 0.480 e. The van der Waals surface area contributed by atoms with Crippen molar-refractivity contribution in [1.82, 2.24) is 10.2 Å². The van der Waals surface area contributed by atoms with Gasteiger partial charge in [0.25, 0.3) is 0 Å². The van der Waals surface area contributed by atoms with Crippen molar-refractivity contribution in [2.75, 3.05) is 13.1 Å². The minimum atomic E-state index is -1.22. The van der Waals surface area contributed by atoms with Crippen LogP contribution >= 0.6 is 0 Å². The monoisotopic (exact) mass is 242 g/mol. The van der Waals surface area contributed by atoms with Gasteiger partial charge in [-0.2, -0.15) is 0 Å². The number of likely N-dealkylation sites (N-methyl/N-ethyl adjacent to an activating group) is 1. The fraction of sp³-hybridized carbons (Fsp3) is 0.667. The van der Waals surface area contributed by atoms with E-state index in [-0.39, 0.29) is 6.03 Å². The average molecular weight is 242 g/mol. The highest BCUT2D eigenvalue weighted by Crippen LogP contribution is 2.10. The zero-order valence-corrected chi connectivity index (χ0v) is 11.0. The molecule has 17 heavy (non-hydrogen) atoms. The van der Waals surface area contributed by atoms with Gasteiger partial charge in [0.15, 0.2) is 0 Å². The first kappa shape index (κ1) is 15.5. The Morgan fingerprint density at radius 3 is 2.24 bits per heavy atom. The van der Waals surface area contributed by atoms with Crippen LogP contribution < -0.4 is 5.32 Å². The molecule has 2 amide bonds. The standard InChI is InChI=1S/C12H22N2O3/c1-6-12(5,10(15)16)13-11(17)14(7-2)8-9(3)4/h3,6-8H2,1-2,4-5H3,(H,13,17)(H,15,16). The smallest absolute Gasteiger partial charge is 0.329 e. The third-order valence-corrected chi connectivity index (χ3v) is 2.69. The van der Waals surface area contributed by atoms with Crippen molar-refractivity contribution < 1.29 is 14.7 Å². The average Bonchev–Trinajstić information content (AvgIpc) is 2.24. The molecule has 0 bridgehead atoms. The molecule has 0 aromatic carbocycles. The van der Waals surface area contributed by atoms with Crippen LogP contribution in [0.1, 0.15) is 34.1 Å². The van der Waals surface area contributed by atoms with E-state index in [9.17, 15) is 9.59 Å². The summed E-state index contributed by atoms with van der Waals surface area (Å²) >= 11 is 0. The van der Waals surface area contributed by atoms with E-state index in [0.717, 1.165) is 5.57 Å². The number of amides is 2. The van der Waals surface area contributed by atoms with E-state index in [0.29, 0.717) is 19.5 Å². The fourth-order valence-electron chi connectivity index (χ4n) is 1.26. The van der Waals surface area contributed by atoms with E-state index in [4.69, 9.17) is 5.11 Å². The van der Waals surface area contributed by atoms with Crippen molar-refractivity contribution in [3.63, 3.8) is 0 Å². The van der Waals surface area contributed by atoms with Crippen LogP contribution in [0.15, 0.2) is 12.2 Å². The second-order valence-electron chi connectivity index (χ2n) is 4.39. The number of urea groups is 1. The molecule has 0 aliphatic heterocycles. The van der Waals surface area contributed by atoms with Crippen LogP contribution in [-0.2, 0) is 4.79 Å². The van der Waals surface area contributed by atoms with Gasteiger partial charge in [0, 0.05) is 13.1 Å². The lowest BCUT2D eigenvalue weighted by Crippen LogP contribution is -2.55. The van der Waals surface area contributed by atoms with Crippen LogP contribution in [0.3, 0.4) is 0 Å². The predicted octanol–water partition coefficient (Wildman–Crippen LogP) is 1.85. The molecule has 0 aliphatic rings. The number of nitrogens with one attached hydrogen (secondary N) is 1. The third-order valence-electron chi connectivity index (χ3n) is 2.69. The molecule has 0 radical (unpaired) electrons. The summed E-state index contributed by atoms with van der Waals surface area (Å²) in [5.41, 5.74) is -0.366. The quantitative estimate of drug-likeness (QED) is 0.698. The van der Waals surface area contributed by atoms with Crippen LogP contribution in [0, 0.1) is 0 Å². The zero-order chi connectivity index (χ0) is 13.6. The highest BCUT2D eigenvalue weighted by molar-refractivity contribution is 5.85. The Hall–Kier alpha value is -1.52. The molecule has 0 fully saturated rings. The highest BCUT2D eigenvalue weighted by atomic mass is 16.4. The van der Waals surface area contributed by atoms with Crippen molar-refractivity contribution in [2.24, 2.45) is 0 Å². The SMILES string of the molecule is C=C(C)CN(CC)C(=O)NC(C)(CC)C(=O)O. The van der Waals surface area contributed by atoms with Gasteiger partial charge in [-0.3, -0.25) is 0 Å². The molecule has 0 saturated heterocycles. The maximum absolute atomic E-state index is 11.9. The van der Waals surface area contributed by atoms with Crippen LogP contribution in [-0.4, -0.2) is 40.6 Å². The first-order valence-corrected chi connectivity index (χ1v) is 5.71. The number of aliphatic carboxylic acids is 1. The normalized spacial score (nSPS) is 13.6. The number of carboxylic acid groups (broad SMARTS) is 1. The van der Waals surface area contributed by atoms with Gasteiger partial charge in [-0.25, -0.2) is 9.59 Å². The predicted molar refractivity (Wildman–Crippen MR) is 66.9 cm³/mol. The number of carbonyl (C=O) groups excluding carboxylic acids is 1. The van der Waals surface area contributed by atoms with Gasteiger partial charge >= 0.3 is 12.0 Å². The van der Waals surface area contributed by atoms with Gasteiger partial charge in [-0.05, 0) is 27.2 Å². The Bertz CT molecular complexity index is 315. The van der Waals surface area contributed by atoms with Crippen LogP contribution in [0.5, 0.6) is 0 Å². The maximum atomic E-state index is 11.9. The second-order valence-corrected chi connectivity index (χ2v) is 4.39. The summed E-state index contributed by atoms with van der Waals surface area (Å²) in [7, 11) is 0. The number of rotatable bonds is 6. The molecule has 0 aromatic rings. The van der Waals surface area contributed by atoms with Crippen molar-refractivity contribution in [3.8, 4) is 0 Å². The summed E-state index contributed by atoms with van der Waals surface area (Å²) in [6.07, 6.45) is 0.332. The van der Waals surface area contributed by atoms with Gasteiger partial charge in [-0.1, -0.05) is 19.1 Å². The number of hydrogen-bond acceptors (Lipinski definition) is 2. The van der Waals surface area contributed by atoms with E-state index in [1.165, 1.54) is 11.8 Å². The fourth-order valence-corrected chi connectivity index (χ4v) is 1.26. The lowest BCUT2D eigenvalue weighted by molar-refractivity contribution is -0.143. The van der Waals surface area contributed by atoms with Crippen LogP contribution in [0.4, 0.5) is 4.79 Å². The molecule has 5 nitrogen and oxygen atoms in total. The minimum absolute atomic E-state index is 0.332. The molecular formula is C12H22N2O3. The van der Waals surface area contributed by atoms with E-state index < -0.39 is 11.5 Å². The molecule has 0 aliphatic carbocycles. The summed E-state index contributed by atoms with van der Waals surface area (Å²) in [5.74, 6) is -1.03. The molecule has 98 valence electrons. The lowest BCUT2D eigenvalue weighted by Gasteiger charge is -2.29. The number of hydrogen-bond donors (Lipinski definition) is 2. The Morgan fingerprint density at radius 2 is 1.94 bits per heavy atom. The van der Waals surface area contributed by atoms with Gasteiger partial charge in [0.1, 0.15) is 5.54 Å². The summed E-state index contributed by atoms with van der Waals surface area (Å²) in [4.78, 5) is 24.5. The Kier molecular flexibility index (Phi) is 5.71. The molecule has 0 heterocycles. The topological polar surface area (TPSA) is 69.6 Å². The van der Waals surface area contributed by atoms with Gasteiger partial charge in [-0.15, -0.1) is 0 Å².